The minimum Gasteiger partial charge on any atom is -0.0876 e. The minimum atomic E-state index is 0.950. The Morgan fingerprint density at radius 3 is 2.69 bits per heavy atom. The zero-order valence-corrected chi connectivity index (χ0v) is 10.8. The predicted octanol–water partition coefficient (Wildman–Crippen LogP) is 4.46. The Bertz CT molecular complexity index is 555. The molecule has 0 aliphatic heterocycles. The van der Waals surface area contributed by atoms with Crippen LogP contribution in [-0.4, -0.2) is 0 Å². The Balaban J connectivity index is 2.31. The first-order chi connectivity index (χ1) is 7.81. The van der Waals surface area contributed by atoms with Crippen LogP contribution in [0.2, 0.25) is 0 Å². The zero-order chi connectivity index (χ0) is 11.1. The lowest BCUT2D eigenvalue weighted by atomic mass is 9.82. The quantitative estimate of drug-likeness (QED) is 0.574. The van der Waals surface area contributed by atoms with Gasteiger partial charge in [0.2, 0.25) is 0 Å². The van der Waals surface area contributed by atoms with Gasteiger partial charge in [0.1, 0.15) is 0 Å². The molecule has 0 heterocycles. The van der Waals surface area contributed by atoms with Gasteiger partial charge in [-0.15, -0.1) is 0 Å². The monoisotopic (exact) mass is 272 g/mol. The molecule has 16 heavy (non-hydrogen) atoms. The summed E-state index contributed by atoms with van der Waals surface area (Å²) in [5.74, 6) is 0. The highest BCUT2D eigenvalue weighted by molar-refractivity contribution is 9.08. The van der Waals surface area contributed by atoms with Gasteiger partial charge < -0.3 is 0 Å². The summed E-state index contributed by atoms with van der Waals surface area (Å²) in [6, 6.07) is 13.2. The van der Waals surface area contributed by atoms with Crippen LogP contribution in [0.5, 0.6) is 0 Å². The highest BCUT2D eigenvalue weighted by Gasteiger charge is 2.18. The van der Waals surface area contributed by atoms with Crippen LogP contribution in [0.3, 0.4) is 0 Å². The third kappa shape index (κ3) is 1.35. The minimum absolute atomic E-state index is 0.950. The molecule has 0 N–H and O–H groups in total. The molecular weight excluding hydrogens is 260 g/mol. The van der Waals surface area contributed by atoms with Gasteiger partial charge in [-0.3, -0.25) is 0 Å². The molecule has 1 aliphatic carbocycles. The van der Waals surface area contributed by atoms with Gasteiger partial charge in [-0.1, -0.05) is 52.3 Å². The fraction of sp³-hybridized carbons (Fsp3) is 0.200. The molecule has 0 unspecified atom stereocenters. The molecule has 80 valence electrons. The maximum absolute atomic E-state index is 3.57. The van der Waals surface area contributed by atoms with Crippen LogP contribution >= 0.6 is 15.9 Å². The highest BCUT2D eigenvalue weighted by Crippen LogP contribution is 2.37. The molecule has 2 bridgehead atoms. The van der Waals surface area contributed by atoms with Crippen molar-refractivity contribution in [2.24, 2.45) is 0 Å². The van der Waals surface area contributed by atoms with Gasteiger partial charge >= 0.3 is 0 Å². The highest BCUT2D eigenvalue weighted by atomic mass is 79.9. The van der Waals surface area contributed by atoms with Crippen molar-refractivity contribution in [3.8, 4) is 11.1 Å². The Hall–Kier alpha value is -1.08. The standard InChI is InChI=1S/C15H13Br/c1-10-13-7-6-12(9-16)15(10)8-11-4-2-3-5-14(11)13/h2-7H,8-9H2,1H3. The molecule has 0 saturated carbocycles. The first-order valence-corrected chi connectivity index (χ1v) is 6.69. The van der Waals surface area contributed by atoms with E-state index in [1.165, 1.54) is 33.4 Å². The lowest BCUT2D eigenvalue weighted by Crippen LogP contribution is -2.06. The number of benzene rings is 2. The Morgan fingerprint density at radius 2 is 1.88 bits per heavy atom. The third-order valence-electron chi connectivity index (χ3n) is 3.51. The van der Waals surface area contributed by atoms with E-state index in [-0.39, 0.29) is 0 Å². The third-order valence-corrected chi connectivity index (χ3v) is 4.12. The molecule has 0 aromatic heterocycles. The molecule has 1 heteroatoms. The van der Waals surface area contributed by atoms with E-state index in [9.17, 15) is 0 Å². The fourth-order valence-electron chi connectivity index (χ4n) is 2.60. The van der Waals surface area contributed by atoms with E-state index in [1.54, 1.807) is 0 Å². The fourth-order valence-corrected chi connectivity index (χ4v) is 3.13. The molecule has 0 amide bonds. The second-order valence-corrected chi connectivity index (χ2v) is 4.90. The van der Waals surface area contributed by atoms with Crippen LogP contribution < -0.4 is 0 Å². The van der Waals surface area contributed by atoms with Crippen LogP contribution in [0.25, 0.3) is 11.1 Å². The molecule has 2 aromatic rings. The molecule has 0 atom stereocenters. The van der Waals surface area contributed by atoms with Gasteiger partial charge in [0.15, 0.2) is 0 Å². The molecule has 3 rings (SSSR count). The van der Waals surface area contributed by atoms with Crippen molar-refractivity contribution in [1.82, 2.24) is 0 Å². The Kier molecular flexibility index (Phi) is 2.36. The van der Waals surface area contributed by atoms with Gasteiger partial charge in [-0.05, 0) is 46.7 Å². The summed E-state index contributed by atoms with van der Waals surface area (Å²) in [6.45, 7) is 2.24. The van der Waals surface area contributed by atoms with E-state index in [4.69, 9.17) is 0 Å². The van der Waals surface area contributed by atoms with E-state index < -0.39 is 0 Å². The van der Waals surface area contributed by atoms with E-state index >= 15 is 0 Å². The first-order valence-electron chi connectivity index (χ1n) is 5.57. The van der Waals surface area contributed by atoms with Crippen molar-refractivity contribution in [2.75, 3.05) is 0 Å². The summed E-state index contributed by atoms with van der Waals surface area (Å²) >= 11 is 3.57. The van der Waals surface area contributed by atoms with Gasteiger partial charge in [0.05, 0.1) is 0 Å². The van der Waals surface area contributed by atoms with E-state index in [0.717, 1.165) is 11.8 Å². The number of fused-ring (bicyclic) bond motifs is 4. The number of hydrogen-bond acceptors (Lipinski definition) is 0. The summed E-state index contributed by atoms with van der Waals surface area (Å²) in [4.78, 5) is 0. The molecule has 0 fully saturated rings. The topological polar surface area (TPSA) is 0 Å². The number of rotatable bonds is 1. The first kappa shape index (κ1) is 10.1. The van der Waals surface area contributed by atoms with Crippen molar-refractivity contribution in [1.29, 1.82) is 0 Å². The Labute approximate surface area is 104 Å². The van der Waals surface area contributed by atoms with Gasteiger partial charge in [-0.2, -0.15) is 0 Å². The van der Waals surface area contributed by atoms with Gasteiger partial charge in [-0.25, -0.2) is 0 Å². The molecular formula is C15H13Br. The van der Waals surface area contributed by atoms with Crippen molar-refractivity contribution in [3.63, 3.8) is 0 Å². The van der Waals surface area contributed by atoms with Crippen LogP contribution in [0.1, 0.15) is 22.3 Å². The SMILES string of the molecule is Cc1c2ccc(CBr)c1Cc1ccccc1-2. The lowest BCUT2D eigenvalue weighted by Gasteiger charge is -2.23. The largest absolute Gasteiger partial charge is 0.0876 e. The van der Waals surface area contributed by atoms with E-state index in [1.807, 2.05) is 0 Å². The van der Waals surface area contributed by atoms with Gasteiger partial charge in [0.25, 0.3) is 0 Å². The van der Waals surface area contributed by atoms with Crippen LogP contribution in [0.4, 0.5) is 0 Å². The maximum Gasteiger partial charge on any atom is 0.0286 e. The number of hydrogen-bond donors (Lipinski definition) is 0. The second-order valence-electron chi connectivity index (χ2n) is 4.34. The second kappa shape index (κ2) is 3.74. The maximum atomic E-state index is 3.57. The van der Waals surface area contributed by atoms with Gasteiger partial charge in [0, 0.05) is 5.33 Å². The zero-order valence-electron chi connectivity index (χ0n) is 9.26. The van der Waals surface area contributed by atoms with Crippen LogP contribution in [0, 0.1) is 6.92 Å². The average Bonchev–Trinajstić information content (AvgIpc) is 2.30. The number of alkyl halides is 1. The number of halogens is 1. The summed E-state index contributed by atoms with van der Waals surface area (Å²) in [7, 11) is 0. The van der Waals surface area contributed by atoms with E-state index in [0.29, 0.717) is 0 Å². The van der Waals surface area contributed by atoms with Crippen LogP contribution in [0.15, 0.2) is 36.4 Å². The van der Waals surface area contributed by atoms with E-state index in [2.05, 4.69) is 59.3 Å². The molecule has 2 aromatic carbocycles. The summed E-state index contributed by atoms with van der Waals surface area (Å²) in [5.41, 5.74) is 8.66. The molecule has 0 radical (unpaired) electrons. The molecule has 1 aliphatic rings. The van der Waals surface area contributed by atoms with Crippen molar-refractivity contribution < 1.29 is 0 Å². The smallest absolute Gasteiger partial charge is 0.0286 e. The average molecular weight is 273 g/mol. The normalized spacial score (nSPS) is 12.4. The lowest BCUT2D eigenvalue weighted by molar-refractivity contribution is 1.09. The molecule has 0 nitrogen and oxygen atoms in total. The predicted molar refractivity (Wildman–Crippen MR) is 72.1 cm³/mol. The van der Waals surface area contributed by atoms with Crippen molar-refractivity contribution >= 4 is 15.9 Å². The summed E-state index contributed by atoms with van der Waals surface area (Å²) in [5, 5.41) is 0.950. The van der Waals surface area contributed by atoms with Crippen molar-refractivity contribution in [2.45, 2.75) is 18.7 Å². The van der Waals surface area contributed by atoms with Crippen LogP contribution in [-0.2, 0) is 11.8 Å². The molecule has 0 saturated heterocycles. The Morgan fingerprint density at radius 1 is 1.06 bits per heavy atom. The van der Waals surface area contributed by atoms with Crippen molar-refractivity contribution in [3.05, 3.63) is 58.7 Å². The summed E-state index contributed by atoms with van der Waals surface area (Å²) in [6.07, 6.45) is 1.08. The molecule has 0 spiro atoms. The summed E-state index contributed by atoms with van der Waals surface area (Å²) < 4.78 is 0.